The Morgan fingerprint density at radius 2 is 2.00 bits per heavy atom. The molecular formula is C16H26FN3. The molecule has 0 amide bonds. The average molecular weight is 279 g/mol. The van der Waals surface area contributed by atoms with E-state index < -0.39 is 0 Å². The standard InChI is InChI=1S/C16H26FN3/c1-19(2)16(8-5-9-16)13-20(3)11-10-18-15-7-4-6-14(17)12-15/h4,6-7,12,18H,5,8-11,13H2,1-3H3. The smallest absolute Gasteiger partial charge is 0.125 e. The van der Waals surface area contributed by atoms with Crippen molar-refractivity contribution in [1.29, 1.82) is 0 Å². The topological polar surface area (TPSA) is 18.5 Å². The van der Waals surface area contributed by atoms with Gasteiger partial charge in [-0.15, -0.1) is 0 Å². The highest BCUT2D eigenvalue weighted by molar-refractivity contribution is 5.42. The van der Waals surface area contributed by atoms with Crippen LogP contribution in [0.3, 0.4) is 0 Å². The molecular weight excluding hydrogens is 253 g/mol. The Balaban J connectivity index is 1.74. The molecule has 0 spiro atoms. The van der Waals surface area contributed by atoms with Gasteiger partial charge in [-0.05, 0) is 58.6 Å². The molecule has 2 rings (SSSR count). The molecule has 1 aromatic rings. The van der Waals surface area contributed by atoms with Gasteiger partial charge in [-0.25, -0.2) is 4.39 Å². The van der Waals surface area contributed by atoms with E-state index in [-0.39, 0.29) is 5.82 Å². The molecule has 112 valence electrons. The van der Waals surface area contributed by atoms with Crippen molar-refractivity contribution in [2.75, 3.05) is 46.1 Å². The summed E-state index contributed by atoms with van der Waals surface area (Å²) in [5.41, 5.74) is 1.22. The quantitative estimate of drug-likeness (QED) is 0.828. The molecule has 0 aliphatic heterocycles. The number of benzene rings is 1. The first-order valence-electron chi connectivity index (χ1n) is 7.37. The third-order valence-electron chi connectivity index (χ3n) is 4.44. The number of halogens is 1. The molecule has 4 heteroatoms. The van der Waals surface area contributed by atoms with Crippen molar-refractivity contribution in [2.45, 2.75) is 24.8 Å². The summed E-state index contributed by atoms with van der Waals surface area (Å²) in [6.07, 6.45) is 3.93. The fourth-order valence-corrected chi connectivity index (χ4v) is 2.90. The molecule has 3 nitrogen and oxygen atoms in total. The minimum Gasteiger partial charge on any atom is -0.384 e. The first-order chi connectivity index (χ1) is 9.52. The average Bonchev–Trinajstić information content (AvgIpc) is 2.33. The van der Waals surface area contributed by atoms with E-state index in [9.17, 15) is 4.39 Å². The van der Waals surface area contributed by atoms with Gasteiger partial charge in [0.05, 0.1) is 0 Å². The minimum absolute atomic E-state index is 0.190. The molecule has 0 unspecified atom stereocenters. The molecule has 1 aromatic carbocycles. The van der Waals surface area contributed by atoms with E-state index in [1.165, 1.54) is 31.4 Å². The van der Waals surface area contributed by atoms with Crippen LogP contribution in [-0.4, -0.2) is 56.1 Å². The van der Waals surface area contributed by atoms with Gasteiger partial charge in [0.25, 0.3) is 0 Å². The van der Waals surface area contributed by atoms with Crippen LogP contribution in [0.1, 0.15) is 19.3 Å². The van der Waals surface area contributed by atoms with Crippen molar-refractivity contribution in [2.24, 2.45) is 0 Å². The van der Waals surface area contributed by atoms with Gasteiger partial charge in [-0.3, -0.25) is 0 Å². The van der Waals surface area contributed by atoms with Crippen LogP contribution in [0, 0.1) is 5.82 Å². The molecule has 0 atom stereocenters. The van der Waals surface area contributed by atoms with E-state index in [0.717, 1.165) is 25.3 Å². The highest BCUT2D eigenvalue weighted by Gasteiger charge is 2.39. The number of hydrogen-bond acceptors (Lipinski definition) is 3. The van der Waals surface area contributed by atoms with Crippen LogP contribution in [-0.2, 0) is 0 Å². The second-order valence-electron chi connectivity index (χ2n) is 6.15. The molecule has 20 heavy (non-hydrogen) atoms. The minimum atomic E-state index is -0.190. The van der Waals surface area contributed by atoms with Gasteiger partial charge in [-0.1, -0.05) is 6.07 Å². The first kappa shape index (κ1) is 15.3. The summed E-state index contributed by atoms with van der Waals surface area (Å²) in [6.45, 7) is 2.90. The Morgan fingerprint density at radius 1 is 1.25 bits per heavy atom. The Bertz CT molecular complexity index is 429. The maximum absolute atomic E-state index is 13.1. The highest BCUT2D eigenvalue weighted by atomic mass is 19.1. The number of anilines is 1. The van der Waals surface area contributed by atoms with Crippen molar-refractivity contribution in [3.05, 3.63) is 30.1 Å². The molecule has 0 aromatic heterocycles. The summed E-state index contributed by atoms with van der Waals surface area (Å²) >= 11 is 0. The van der Waals surface area contributed by atoms with Gasteiger partial charge >= 0.3 is 0 Å². The van der Waals surface area contributed by atoms with Gasteiger partial charge in [-0.2, -0.15) is 0 Å². The second-order valence-corrected chi connectivity index (χ2v) is 6.15. The summed E-state index contributed by atoms with van der Waals surface area (Å²) in [5.74, 6) is -0.190. The summed E-state index contributed by atoms with van der Waals surface area (Å²) in [5, 5.41) is 3.27. The van der Waals surface area contributed by atoms with E-state index in [4.69, 9.17) is 0 Å². The molecule has 0 saturated heterocycles. The molecule has 1 aliphatic carbocycles. The predicted octanol–water partition coefficient (Wildman–Crippen LogP) is 2.65. The maximum atomic E-state index is 13.1. The summed E-state index contributed by atoms with van der Waals surface area (Å²) in [4.78, 5) is 4.73. The number of likely N-dealkylation sites (N-methyl/N-ethyl adjacent to an activating group) is 2. The maximum Gasteiger partial charge on any atom is 0.125 e. The molecule has 0 radical (unpaired) electrons. The molecule has 1 fully saturated rings. The molecule has 0 heterocycles. The molecule has 1 N–H and O–H groups in total. The van der Waals surface area contributed by atoms with Crippen molar-refractivity contribution in [3.8, 4) is 0 Å². The van der Waals surface area contributed by atoms with E-state index in [2.05, 4.69) is 36.3 Å². The Hall–Kier alpha value is -1.13. The molecule has 1 aliphatic rings. The fourth-order valence-electron chi connectivity index (χ4n) is 2.90. The lowest BCUT2D eigenvalue weighted by Gasteiger charge is -2.49. The lowest BCUT2D eigenvalue weighted by molar-refractivity contribution is 0.0289. The van der Waals surface area contributed by atoms with Crippen molar-refractivity contribution >= 4 is 5.69 Å². The zero-order valence-corrected chi connectivity index (χ0v) is 12.8. The number of rotatable bonds is 7. The van der Waals surface area contributed by atoms with Crippen LogP contribution < -0.4 is 5.32 Å². The van der Waals surface area contributed by atoms with Crippen molar-refractivity contribution < 1.29 is 4.39 Å². The van der Waals surface area contributed by atoms with Crippen LogP contribution in [0.4, 0.5) is 10.1 Å². The highest BCUT2D eigenvalue weighted by Crippen LogP contribution is 2.36. The van der Waals surface area contributed by atoms with Gasteiger partial charge in [0, 0.05) is 30.9 Å². The van der Waals surface area contributed by atoms with Crippen molar-refractivity contribution in [3.63, 3.8) is 0 Å². The number of nitrogens with zero attached hydrogens (tertiary/aromatic N) is 2. The Morgan fingerprint density at radius 3 is 2.55 bits per heavy atom. The predicted molar refractivity (Wildman–Crippen MR) is 82.7 cm³/mol. The van der Waals surface area contributed by atoms with Crippen LogP contribution in [0.5, 0.6) is 0 Å². The van der Waals surface area contributed by atoms with Crippen LogP contribution in [0.2, 0.25) is 0 Å². The third kappa shape index (κ3) is 3.70. The zero-order chi connectivity index (χ0) is 14.6. The van der Waals surface area contributed by atoms with Crippen LogP contribution in [0.15, 0.2) is 24.3 Å². The molecule has 0 bridgehead atoms. The van der Waals surface area contributed by atoms with E-state index in [0.29, 0.717) is 5.54 Å². The van der Waals surface area contributed by atoms with E-state index in [1.54, 1.807) is 6.07 Å². The first-order valence-corrected chi connectivity index (χ1v) is 7.37. The SMILES string of the molecule is CN(CCNc1cccc(F)c1)CC1(N(C)C)CCC1. The zero-order valence-electron chi connectivity index (χ0n) is 12.8. The lowest BCUT2D eigenvalue weighted by Crippen LogP contribution is -2.57. The normalized spacial score (nSPS) is 17.3. The fraction of sp³-hybridized carbons (Fsp3) is 0.625. The largest absolute Gasteiger partial charge is 0.384 e. The summed E-state index contributed by atoms with van der Waals surface area (Å²) < 4.78 is 13.1. The van der Waals surface area contributed by atoms with Gasteiger partial charge in [0.15, 0.2) is 0 Å². The van der Waals surface area contributed by atoms with E-state index >= 15 is 0 Å². The Labute approximate surface area is 121 Å². The number of nitrogens with one attached hydrogen (secondary N) is 1. The Kier molecular flexibility index (Phi) is 5.00. The third-order valence-corrected chi connectivity index (χ3v) is 4.44. The van der Waals surface area contributed by atoms with Gasteiger partial charge in [0.2, 0.25) is 0 Å². The lowest BCUT2D eigenvalue weighted by atomic mass is 9.75. The van der Waals surface area contributed by atoms with E-state index in [1.807, 2.05) is 6.07 Å². The summed E-state index contributed by atoms with van der Waals surface area (Å²) in [7, 11) is 6.52. The summed E-state index contributed by atoms with van der Waals surface area (Å²) in [6, 6.07) is 6.63. The van der Waals surface area contributed by atoms with Gasteiger partial charge < -0.3 is 15.1 Å². The monoisotopic (exact) mass is 279 g/mol. The number of hydrogen-bond donors (Lipinski definition) is 1. The second kappa shape index (κ2) is 6.55. The van der Waals surface area contributed by atoms with Crippen LogP contribution >= 0.6 is 0 Å². The molecule has 1 saturated carbocycles. The van der Waals surface area contributed by atoms with Crippen molar-refractivity contribution in [1.82, 2.24) is 9.80 Å². The van der Waals surface area contributed by atoms with Gasteiger partial charge in [0.1, 0.15) is 5.82 Å². The van der Waals surface area contributed by atoms with Crippen LogP contribution in [0.25, 0.3) is 0 Å².